The molecule has 0 saturated carbocycles. The highest BCUT2D eigenvalue weighted by Crippen LogP contribution is 2.23. The van der Waals surface area contributed by atoms with Gasteiger partial charge in [0, 0.05) is 10.6 Å². The number of ether oxygens (including phenoxy) is 1. The quantitative estimate of drug-likeness (QED) is 0.707. The minimum Gasteiger partial charge on any atom is -0.484 e. The van der Waals surface area contributed by atoms with Gasteiger partial charge in [0.25, 0.3) is 5.89 Å². The molecule has 0 aliphatic rings. The lowest BCUT2D eigenvalue weighted by atomic mass is 10.1. The van der Waals surface area contributed by atoms with E-state index in [0.717, 1.165) is 16.9 Å². The number of hydrogen-bond acceptors (Lipinski definition) is 4. The molecule has 0 amide bonds. The second-order valence-electron chi connectivity index (χ2n) is 4.99. The third-order valence-electron chi connectivity index (χ3n) is 3.46. The number of benzene rings is 2. The van der Waals surface area contributed by atoms with Crippen LogP contribution in [0, 0.1) is 13.8 Å². The van der Waals surface area contributed by atoms with Crippen LogP contribution < -0.4 is 4.74 Å². The molecule has 0 aliphatic carbocycles. The Labute approximate surface area is 133 Å². The molecule has 3 aromatic rings. The van der Waals surface area contributed by atoms with E-state index < -0.39 is 0 Å². The number of aryl methyl sites for hydroxylation is 1. The molecular weight excluding hydrogens is 300 g/mol. The SMILES string of the molecule is Cc1cccc(OCc2nnc(-c3ccc(Cl)cc3)o2)c1C. The minimum absolute atomic E-state index is 0.241. The highest BCUT2D eigenvalue weighted by Gasteiger charge is 2.10. The first-order chi connectivity index (χ1) is 10.6. The Hall–Kier alpha value is -2.33. The van der Waals surface area contributed by atoms with E-state index >= 15 is 0 Å². The van der Waals surface area contributed by atoms with Crippen molar-refractivity contribution in [3.63, 3.8) is 0 Å². The van der Waals surface area contributed by atoms with Crippen LogP contribution in [-0.2, 0) is 6.61 Å². The van der Waals surface area contributed by atoms with Gasteiger partial charge >= 0.3 is 0 Å². The Balaban J connectivity index is 1.72. The second-order valence-corrected chi connectivity index (χ2v) is 5.43. The largest absolute Gasteiger partial charge is 0.484 e. The third-order valence-corrected chi connectivity index (χ3v) is 3.72. The maximum atomic E-state index is 5.86. The molecule has 5 heteroatoms. The molecule has 0 atom stereocenters. The maximum Gasteiger partial charge on any atom is 0.254 e. The van der Waals surface area contributed by atoms with Gasteiger partial charge in [-0.05, 0) is 55.3 Å². The Kier molecular flexibility index (Phi) is 4.11. The van der Waals surface area contributed by atoms with Crippen LogP contribution in [0.4, 0.5) is 0 Å². The molecule has 0 spiro atoms. The molecule has 4 nitrogen and oxygen atoms in total. The summed E-state index contributed by atoms with van der Waals surface area (Å²) in [6, 6.07) is 13.2. The summed E-state index contributed by atoms with van der Waals surface area (Å²) in [6.45, 7) is 4.32. The van der Waals surface area contributed by atoms with E-state index in [1.165, 1.54) is 5.56 Å². The fourth-order valence-corrected chi connectivity index (χ4v) is 2.17. The van der Waals surface area contributed by atoms with Gasteiger partial charge in [-0.3, -0.25) is 0 Å². The average Bonchev–Trinajstić information content (AvgIpc) is 2.98. The van der Waals surface area contributed by atoms with Crippen molar-refractivity contribution >= 4 is 11.6 Å². The van der Waals surface area contributed by atoms with Gasteiger partial charge < -0.3 is 9.15 Å². The van der Waals surface area contributed by atoms with Crippen LogP contribution in [0.15, 0.2) is 46.9 Å². The van der Waals surface area contributed by atoms with Crippen molar-refractivity contribution in [3.8, 4) is 17.2 Å². The van der Waals surface area contributed by atoms with Crippen molar-refractivity contribution in [3.05, 3.63) is 64.5 Å². The molecule has 3 rings (SSSR count). The first-order valence-electron chi connectivity index (χ1n) is 6.91. The van der Waals surface area contributed by atoms with E-state index in [4.69, 9.17) is 20.8 Å². The summed E-state index contributed by atoms with van der Waals surface area (Å²) in [5, 5.41) is 8.70. The van der Waals surface area contributed by atoms with Gasteiger partial charge in [-0.2, -0.15) is 0 Å². The van der Waals surface area contributed by atoms with Gasteiger partial charge in [0.05, 0.1) is 0 Å². The zero-order valence-corrected chi connectivity index (χ0v) is 13.1. The van der Waals surface area contributed by atoms with Gasteiger partial charge in [-0.1, -0.05) is 23.7 Å². The van der Waals surface area contributed by atoms with Gasteiger partial charge in [0.15, 0.2) is 6.61 Å². The molecule has 1 aromatic heterocycles. The lowest BCUT2D eigenvalue weighted by Crippen LogP contribution is -1.98. The summed E-state index contributed by atoms with van der Waals surface area (Å²) in [5.41, 5.74) is 3.12. The van der Waals surface area contributed by atoms with Crippen LogP contribution in [0.1, 0.15) is 17.0 Å². The van der Waals surface area contributed by atoms with E-state index in [0.29, 0.717) is 16.8 Å². The molecule has 2 aromatic carbocycles. The molecule has 0 N–H and O–H groups in total. The van der Waals surface area contributed by atoms with Gasteiger partial charge in [-0.15, -0.1) is 10.2 Å². The first-order valence-corrected chi connectivity index (χ1v) is 7.28. The summed E-state index contributed by atoms with van der Waals surface area (Å²) < 4.78 is 11.4. The second kappa shape index (κ2) is 6.20. The molecule has 0 bridgehead atoms. The number of halogens is 1. The van der Waals surface area contributed by atoms with Crippen molar-refractivity contribution in [2.45, 2.75) is 20.5 Å². The van der Waals surface area contributed by atoms with Crippen molar-refractivity contribution in [1.82, 2.24) is 10.2 Å². The number of hydrogen-bond donors (Lipinski definition) is 0. The molecule has 1 heterocycles. The van der Waals surface area contributed by atoms with E-state index in [2.05, 4.69) is 10.2 Å². The molecule has 112 valence electrons. The lowest BCUT2D eigenvalue weighted by Gasteiger charge is -2.08. The minimum atomic E-state index is 0.241. The van der Waals surface area contributed by atoms with Crippen molar-refractivity contribution in [2.24, 2.45) is 0 Å². The Morgan fingerprint density at radius 1 is 1.05 bits per heavy atom. The van der Waals surface area contributed by atoms with Crippen LogP contribution >= 0.6 is 11.6 Å². The summed E-state index contributed by atoms with van der Waals surface area (Å²) >= 11 is 5.86. The third kappa shape index (κ3) is 3.12. The van der Waals surface area contributed by atoms with Crippen LogP contribution in [-0.4, -0.2) is 10.2 Å². The standard InChI is InChI=1S/C17H15ClN2O2/c1-11-4-3-5-15(12(11)2)21-10-16-19-20-17(22-16)13-6-8-14(18)9-7-13/h3-9H,10H2,1-2H3. The molecule has 22 heavy (non-hydrogen) atoms. The van der Waals surface area contributed by atoms with Crippen LogP contribution in [0.3, 0.4) is 0 Å². The van der Waals surface area contributed by atoms with E-state index in [-0.39, 0.29) is 6.61 Å². The van der Waals surface area contributed by atoms with Gasteiger partial charge in [0.2, 0.25) is 5.89 Å². The smallest absolute Gasteiger partial charge is 0.254 e. The predicted octanol–water partition coefficient (Wildman–Crippen LogP) is 4.59. The van der Waals surface area contributed by atoms with Crippen LogP contribution in [0.5, 0.6) is 5.75 Å². The molecular formula is C17H15ClN2O2. The van der Waals surface area contributed by atoms with Gasteiger partial charge in [-0.25, -0.2) is 0 Å². The van der Waals surface area contributed by atoms with Crippen molar-refractivity contribution in [1.29, 1.82) is 0 Å². The van der Waals surface area contributed by atoms with Crippen molar-refractivity contribution < 1.29 is 9.15 Å². The molecule has 0 unspecified atom stereocenters. The fourth-order valence-electron chi connectivity index (χ4n) is 2.04. The lowest BCUT2D eigenvalue weighted by molar-refractivity contribution is 0.263. The summed E-state index contributed by atoms with van der Waals surface area (Å²) in [4.78, 5) is 0. The van der Waals surface area contributed by atoms with E-state index in [1.54, 1.807) is 12.1 Å². The first kappa shape index (κ1) is 14.6. The molecule has 0 fully saturated rings. The average molecular weight is 315 g/mol. The highest BCUT2D eigenvalue weighted by atomic mass is 35.5. The zero-order valence-electron chi connectivity index (χ0n) is 12.3. The van der Waals surface area contributed by atoms with E-state index in [1.807, 2.05) is 44.2 Å². The summed E-state index contributed by atoms with van der Waals surface area (Å²) in [7, 11) is 0. The van der Waals surface area contributed by atoms with Crippen LogP contribution in [0.25, 0.3) is 11.5 Å². The molecule has 0 radical (unpaired) electrons. The number of aromatic nitrogens is 2. The topological polar surface area (TPSA) is 48.2 Å². The normalized spacial score (nSPS) is 10.7. The Morgan fingerprint density at radius 3 is 2.59 bits per heavy atom. The Bertz CT molecular complexity index is 782. The molecule has 0 saturated heterocycles. The zero-order chi connectivity index (χ0) is 15.5. The summed E-state index contributed by atoms with van der Waals surface area (Å²) in [5.74, 6) is 1.72. The predicted molar refractivity (Wildman–Crippen MR) is 85.0 cm³/mol. The summed E-state index contributed by atoms with van der Waals surface area (Å²) in [6.07, 6.45) is 0. The highest BCUT2D eigenvalue weighted by molar-refractivity contribution is 6.30. The maximum absolute atomic E-state index is 5.86. The van der Waals surface area contributed by atoms with E-state index in [9.17, 15) is 0 Å². The molecule has 0 aliphatic heterocycles. The number of nitrogens with zero attached hydrogens (tertiary/aromatic N) is 2. The van der Waals surface area contributed by atoms with Crippen LogP contribution in [0.2, 0.25) is 5.02 Å². The van der Waals surface area contributed by atoms with Gasteiger partial charge in [0.1, 0.15) is 5.75 Å². The monoisotopic (exact) mass is 314 g/mol. The van der Waals surface area contributed by atoms with Crippen molar-refractivity contribution in [2.75, 3.05) is 0 Å². The fraction of sp³-hybridized carbons (Fsp3) is 0.176. The Morgan fingerprint density at radius 2 is 1.82 bits per heavy atom. The number of rotatable bonds is 4.